The molecule has 0 bridgehead atoms. The van der Waals surface area contributed by atoms with Gasteiger partial charge in [0.25, 0.3) is 11.8 Å². The summed E-state index contributed by atoms with van der Waals surface area (Å²) in [6.45, 7) is 6.26. The Labute approximate surface area is 221 Å². The van der Waals surface area contributed by atoms with Crippen LogP contribution in [0.15, 0.2) is 48.5 Å². The number of hydrogen-bond donors (Lipinski definition) is 3. The quantitative estimate of drug-likeness (QED) is 0.387. The minimum atomic E-state index is -0.434. The minimum absolute atomic E-state index is 0.0133. The fourth-order valence-corrected chi connectivity index (χ4v) is 5.43. The van der Waals surface area contributed by atoms with Gasteiger partial charge in [0.2, 0.25) is 0 Å². The zero-order chi connectivity index (χ0) is 26.8. The topological polar surface area (TPSA) is 94.3 Å². The van der Waals surface area contributed by atoms with Crippen LogP contribution >= 0.6 is 0 Å². The van der Waals surface area contributed by atoms with Gasteiger partial charge in [0.1, 0.15) is 5.82 Å². The summed E-state index contributed by atoms with van der Waals surface area (Å²) in [5.74, 6) is -0.796. The van der Waals surface area contributed by atoms with Crippen LogP contribution in [-0.2, 0) is 16.1 Å². The number of Topliss-reactive ketones (excluding diaryl/α,β-unsaturated/α-hetero) is 1. The zero-order valence-corrected chi connectivity index (χ0v) is 21.6. The summed E-state index contributed by atoms with van der Waals surface area (Å²) in [6.07, 6.45) is 3.05. The molecule has 38 heavy (non-hydrogen) atoms. The number of fused-ring (bicyclic) bond motifs is 1. The first-order valence-corrected chi connectivity index (χ1v) is 12.9. The lowest BCUT2D eigenvalue weighted by Crippen LogP contribution is -2.31. The number of aromatic nitrogens is 1. The number of anilines is 1. The van der Waals surface area contributed by atoms with Crippen molar-refractivity contribution in [2.24, 2.45) is 5.92 Å². The molecule has 2 aliphatic heterocycles. The van der Waals surface area contributed by atoms with Crippen LogP contribution in [0, 0.1) is 25.6 Å². The number of likely N-dealkylation sites (tertiary alicyclic amines) is 1. The molecule has 0 spiro atoms. The van der Waals surface area contributed by atoms with Crippen LogP contribution in [-0.4, -0.2) is 47.1 Å². The standard InChI is InChI=1S/C30H31FN4O3/c1-18-27(14-25-24-13-22(31)8-9-26(24)34-29(25)37)33-19(2)28(18)30(38)32-15-23(36)12-21-10-11-35(17-21)16-20-6-4-3-5-7-20/h3-9,13-14,21,33H,10-12,15-17H2,1-2H3,(H,32,38)(H,34,37)/b25-14-. The van der Waals surface area contributed by atoms with Crippen molar-refractivity contribution in [3.63, 3.8) is 0 Å². The molecule has 3 aromatic rings. The molecule has 1 unspecified atom stereocenters. The molecule has 0 aliphatic carbocycles. The third-order valence-electron chi connectivity index (χ3n) is 7.34. The van der Waals surface area contributed by atoms with E-state index in [0.29, 0.717) is 51.7 Å². The SMILES string of the molecule is Cc1[nH]c(/C=C2\C(=O)Nc3ccc(F)cc32)c(C)c1C(=O)NCC(=O)CC1CCN(Cc2ccccc2)C1. The Morgan fingerprint density at radius 2 is 1.95 bits per heavy atom. The summed E-state index contributed by atoms with van der Waals surface area (Å²) in [6, 6.07) is 14.4. The fraction of sp³-hybridized carbons (Fsp3) is 0.300. The van der Waals surface area contributed by atoms with Gasteiger partial charge in [-0.2, -0.15) is 0 Å². The van der Waals surface area contributed by atoms with E-state index in [4.69, 9.17) is 0 Å². The first kappa shape index (κ1) is 25.6. The average molecular weight is 515 g/mol. The summed E-state index contributed by atoms with van der Waals surface area (Å²) in [7, 11) is 0. The number of aromatic amines is 1. The number of aryl methyl sites for hydroxylation is 1. The largest absolute Gasteiger partial charge is 0.358 e. The number of nitrogens with one attached hydrogen (secondary N) is 3. The highest BCUT2D eigenvalue weighted by Gasteiger charge is 2.27. The molecule has 0 radical (unpaired) electrons. The van der Waals surface area contributed by atoms with Gasteiger partial charge in [-0.15, -0.1) is 0 Å². The first-order valence-electron chi connectivity index (χ1n) is 12.9. The number of hydrogen-bond acceptors (Lipinski definition) is 4. The maximum absolute atomic E-state index is 13.8. The van der Waals surface area contributed by atoms with Gasteiger partial charge in [0.15, 0.2) is 5.78 Å². The molecule has 1 fully saturated rings. The average Bonchev–Trinajstić information content (AvgIpc) is 3.54. The Morgan fingerprint density at radius 3 is 2.74 bits per heavy atom. The van der Waals surface area contributed by atoms with Crippen LogP contribution in [0.1, 0.15) is 51.3 Å². The number of ketones is 1. The van der Waals surface area contributed by atoms with Crippen LogP contribution in [0.3, 0.4) is 0 Å². The van der Waals surface area contributed by atoms with E-state index in [9.17, 15) is 18.8 Å². The van der Waals surface area contributed by atoms with E-state index >= 15 is 0 Å². The zero-order valence-electron chi connectivity index (χ0n) is 21.6. The number of rotatable bonds is 8. The highest BCUT2D eigenvalue weighted by atomic mass is 19.1. The lowest BCUT2D eigenvalue weighted by Gasteiger charge is -2.16. The molecule has 196 valence electrons. The van der Waals surface area contributed by atoms with Gasteiger partial charge in [-0.3, -0.25) is 19.3 Å². The molecule has 8 heteroatoms. The second kappa shape index (κ2) is 10.8. The monoisotopic (exact) mass is 514 g/mol. The van der Waals surface area contributed by atoms with Gasteiger partial charge in [0.05, 0.1) is 17.7 Å². The van der Waals surface area contributed by atoms with Gasteiger partial charge in [0, 0.05) is 42.1 Å². The van der Waals surface area contributed by atoms with E-state index in [0.717, 1.165) is 26.1 Å². The Bertz CT molecular complexity index is 1430. The predicted octanol–water partition coefficient (Wildman–Crippen LogP) is 4.47. The van der Waals surface area contributed by atoms with E-state index in [2.05, 4.69) is 32.7 Å². The molecule has 0 saturated carbocycles. The first-order chi connectivity index (χ1) is 18.3. The smallest absolute Gasteiger partial charge is 0.256 e. The van der Waals surface area contributed by atoms with Crippen molar-refractivity contribution in [2.75, 3.05) is 25.0 Å². The predicted molar refractivity (Wildman–Crippen MR) is 145 cm³/mol. The molecule has 2 aromatic carbocycles. The Balaban J connectivity index is 1.19. The molecular formula is C30H31FN4O3. The number of carbonyl (C=O) groups excluding carboxylic acids is 3. The van der Waals surface area contributed by atoms with Gasteiger partial charge in [-0.05, 0) is 68.1 Å². The van der Waals surface area contributed by atoms with E-state index in [1.165, 1.54) is 23.8 Å². The van der Waals surface area contributed by atoms with Crippen molar-refractivity contribution in [1.29, 1.82) is 0 Å². The van der Waals surface area contributed by atoms with Gasteiger partial charge in [-0.1, -0.05) is 30.3 Å². The van der Waals surface area contributed by atoms with Crippen molar-refractivity contribution in [2.45, 2.75) is 33.2 Å². The summed E-state index contributed by atoms with van der Waals surface area (Å²) in [4.78, 5) is 43.7. The number of carbonyl (C=O) groups is 3. The number of amides is 2. The summed E-state index contributed by atoms with van der Waals surface area (Å²) in [5, 5.41) is 5.50. The van der Waals surface area contributed by atoms with Crippen molar-refractivity contribution >= 4 is 34.9 Å². The van der Waals surface area contributed by atoms with Crippen molar-refractivity contribution in [3.05, 3.63) is 88.0 Å². The second-order valence-corrected chi connectivity index (χ2v) is 10.2. The van der Waals surface area contributed by atoms with Crippen molar-refractivity contribution in [1.82, 2.24) is 15.2 Å². The number of H-pyrrole nitrogens is 1. The van der Waals surface area contributed by atoms with Crippen LogP contribution < -0.4 is 10.6 Å². The second-order valence-electron chi connectivity index (χ2n) is 10.2. The van der Waals surface area contributed by atoms with Crippen molar-refractivity contribution in [3.8, 4) is 0 Å². The Morgan fingerprint density at radius 1 is 1.16 bits per heavy atom. The molecular weight excluding hydrogens is 483 g/mol. The lowest BCUT2D eigenvalue weighted by molar-refractivity contribution is -0.119. The lowest BCUT2D eigenvalue weighted by atomic mass is 10.0. The molecule has 1 atom stereocenters. The highest BCUT2D eigenvalue weighted by molar-refractivity contribution is 6.34. The molecule has 3 heterocycles. The molecule has 5 rings (SSSR count). The number of nitrogens with zero attached hydrogens (tertiary/aromatic N) is 1. The molecule has 1 saturated heterocycles. The van der Waals surface area contributed by atoms with Gasteiger partial charge >= 0.3 is 0 Å². The molecule has 3 N–H and O–H groups in total. The summed E-state index contributed by atoms with van der Waals surface area (Å²) < 4.78 is 13.8. The van der Waals surface area contributed by atoms with E-state index in [1.54, 1.807) is 19.9 Å². The number of benzene rings is 2. The highest BCUT2D eigenvalue weighted by Crippen LogP contribution is 2.34. The third kappa shape index (κ3) is 5.45. The Kier molecular flexibility index (Phi) is 7.24. The molecule has 2 aliphatic rings. The fourth-order valence-electron chi connectivity index (χ4n) is 5.43. The van der Waals surface area contributed by atoms with Crippen LogP contribution in [0.5, 0.6) is 0 Å². The molecule has 7 nitrogen and oxygen atoms in total. The normalized spacial score (nSPS) is 18.0. The number of halogens is 1. The third-order valence-corrected chi connectivity index (χ3v) is 7.34. The summed E-state index contributed by atoms with van der Waals surface area (Å²) >= 11 is 0. The van der Waals surface area contributed by atoms with E-state index in [-0.39, 0.29) is 24.1 Å². The maximum atomic E-state index is 13.8. The van der Waals surface area contributed by atoms with E-state index < -0.39 is 5.82 Å². The van der Waals surface area contributed by atoms with E-state index in [1.807, 2.05) is 18.2 Å². The van der Waals surface area contributed by atoms with Gasteiger partial charge < -0.3 is 15.6 Å². The Hall–Kier alpha value is -4.04. The van der Waals surface area contributed by atoms with Crippen LogP contribution in [0.25, 0.3) is 11.6 Å². The molecule has 2 amide bonds. The maximum Gasteiger partial charge on any atom is 0.256 e. The summed E-state index contributed by atoms with van der Waals surface area (Å²) in [5.41, 5.74) is 4.93. The molecule has 1 aromatic heterocycles. The minimum Gasteiger partial charge on any atom is -0.358 e. The van der Waals surface area contributed by atoms with Gasteiger partial charge in [-0.25, -0.2) is 4.39 Å². The van der Waals surface area contributed by atoms with Crippen molar-refractivity contribution < 1.29 is 18.8 Å². The van der Waals surface area contributed by atoms with Crippen LogP contribution in [0.2, 0.25) is 0 Å². The van der Waals surface area contributed by atoms with Crippen LogP contribution in [0.4, 0.5) is 10.1 Å².